The Hall–Kier alpha value is -2.18. The second-order valence-electron chi connectivity index (χ2n) is 3.50. The van der Waals surface area contributed by atoms with E-state index in [1.807, 2.05) is 0 Å². The lowest BCUT2D eigenvalue weighted by Crippen LogP contribution is -2.10. The Morgan fingerprint density at radius 1 is 1.21 bits per heavy atom. The molecule has 3 nitrogen and oxygen atoms in total. The molecule has 0 aliphatic heterocycles. The van der Waals surface area contributed by atoms with Gasteiger partial charge in [0.1, 0.15) is 11.6 Å². The zero-order chi connectivity index (χ0) is 14.6. The van der Waals surface area contributed by atoms with E-state index >= 15 is 0 Å². The van der Waals surface area contributed by atoms with Gasteiger partial charge in [-0.15, -0.1) is 0 Å². The predicted molar refractivity (Wildman–Crippen MR) is 56.9 cm³/mol. The fourth-order valence-corrected chi connectivity index (χ4v) is 1.12. The van der Waals surface area contributed by atoms with Crippen molar-refractivity contribution >= 4 is 11.8 Å². The first-order chi connectivity index (χ1) is 8.70. The van der Waals surface area contributed by atoms with Crippen molar-refractivity contribution in [3.05, 3.63) is 41.7 Å². The molecule has 0 amide bonds. The van der Waals surface area contributed by atoms with Crippen LogP contribution in [-0.4, -0.2) is 11.8 Å². The van der Waals surface area contributed by atoms with Crippen molar-refractivity contribution in [3.8, 4) is 5.75 Å². The Morgan fingerprint density at radius 3 is 2.37 bits per heavy atom. The van der Waals surface area contributed by atoms with Crippen molar-refractivity contribution in [3.63, 3.8) is 0 Å². The van der Waals surface area contributed by atoms with E-state index in [4.69, 9.17) is 0 Å². The first-order valence-corrected chi connectivity index (χ1v) is 4.97. The van der Waals surface area contributed by atoms with Crippen molar-refractivity contribution < 1.29 is 31.9 Å². The lowest BCUT2D eigenvalue weighted by atomic mass is 10.2. The molecular formula is C12H8F4O3. The third-order valence-electron chi connectivity index (χ3n) is 1.92. The Labute approximate surface area is 105 Å². The summed E-state index contributed by atoms with van der Waals surface area (Å²) in [6, 6.07) is 1.79. The molecule has 0 atom stereocenters. The summed E-state index contributed by atoms with van der Waals surface area (Å²) < 4.78 is 54.6. The van der Waals surface area contributed by atoms with E-state index in [0.717, 1.165) is 18.2 Å². The largest absolute Gasteiger partial charge is 0.423 e. The van der Waals surface area contributed by atoms with Crippen molar-refractivity contribution in [2.24, 2.45) is 0 Å². The van der Waals surface area contributed by atoms with Crippen LogP contribution in [0.4, 0.5) is 17.6 Å². The monoisotopic (exact) mass is 276 g/mol. The maximum absolute atomic E-state index is 12.9. The van der Waals surface area contributed by atoms with Crippen LogP contribution in [0.15, 0.2) is 30.4 Å². The molecule has 0 fully saturated rings. The lowest BCUT2D eigenvalue weighted by molar-refractivity contribution is -0.140. The van der Waals surface area contributed by atoms with Gasteiger partial charge < -0.3 is 4.74 Å². The van der Waals surface area contributed by atoms with Crippen molar-refractivity contribution in [1.82, 2.24) is 0 Å². The SMILES string of the molecule is CC(=O)C=CC(=O)Oc1ccc(F)c(C(F)(F)F)c1. The Bertz CT molecular complexity index is 532. The molecule has 0 radical (unpaired) electrons. The number of alkyl halides is 3. The van der Waals surface area contributed by atoms with Crippen LogP contribution in [0.2, 0.25) is 0 Å². The van der Waals surface area contributed by atoms with Gasteiger partial charge in [-0.3, -0.25) is 4.79 Å². The van der Waals surface area contributed by atoms with Crippen molar-refractivity contribution in [2.75, 3.05) is 0 Å². The number of benzene rings is 1. The molecule has 0 aliphatic carbocycles. The van der Waals surface area contributed by atoms with Crippen LogP contribution in [0, 0.1) is 5.82 Å². The van der Waals surface area contributed by atoms with Gasteiger partial charge in [-0.2, -0.15) is 13.2 Å². The van der Waals surface area contributed by atoms with E-state index in [0.29, 0.717) is 12.1 Å². The van der Waals surface area contributed by atoms with E-state index < -0.39 is 35.1 Å². The summed E-state index contributed by atoms with van der Waals surface area (Å²) in [5.41, 5.74) is -1.53. The van der Waals surface area contributed by atoms with Crippen LogP contribution in [0.1, 0.15) is 12.5 Å². The van der Waals surface area contributed by atoms with Crippen LogP contribution >= 0.6 is 0 Å². The van der Waals surface area contributed by atoms with Gasteiger partial charge in [0, 0.05) is 6.08 Å². The molecule has 0 bridgehead atoms. The molecule has 0 aromatic heterocycles. The summed E-state index contributed by atoms with van der Waals surface area (Å²) in [6.07, 6.45) is -3.22. The first-order valence-electron chi connectivity index (χ1n) is 4.97. The molecule has 0 saturated heterocycles. The number of ether oxygens (including phenoxy) is 1. The highest BCUT2D eigenvalue weighted by atomic mass is 19.4. The average Bonchev–Trinajstić information content (AvgIpc) is 2.27. The molecule has 1 aromatic rings. The molecule has 0 spiro atoms. The summed E-state index contributed by atoms with van der Waals surface area (Å²) in [6.45, 7) is 1.18. The van der Waals surface area contributed by atoms with Crippen LogP contribution in [0.3, 0.4) is 0 Å². The quantitative estimate of drug-likeness (QED) is 0.369. The molecular weight excluding hydrogens is 268 g/mol. The van der Waals surface area contributed by atoms with Gasteiger partial charge in [-0.25, -0.2) is 9.18 Å². The van der Waals surface area contributed by atoms with Gasteiger partial charge in [0.25, 0.3) is 0 Å². The molecule has 1 aromatic carbocycles. The predicted octanol–water partition coefficient (Wildman–Crippen LogP) is 2.90. The standard InChI is InChI=1S/C12H8F4O3/c1-7(17)2-5-11(18)19-8-3-4-10(13)9(6-8)12(14,15)16/h2-6H,1H3. The molecule has 0 aliphatic rings. The average molecular weight is 276 g/mol. The number of ketones is 1. The first kappa shape index (κ1) is 14.9. The summed E-state index contributed by atoms with van der Waals surface area (Å²) >= 11 is 0. The second-order valence-corrected chi connectivity index (χ2v) is 3.50. The highest BCUT2D eigenvalue weighted by Gasteiger charge is 2.34. The number of carbonyl (C=O) groups is 2. The van der Waals surface area contributed by atoms with Gasteiger partial charge in [-0.1, -0.05) is 0 Å². The van der Waals surface area contributed by atoms with Crippen LogP contribution in [0.5, 0.6) is 5.75 Å². The lowest BCUT2D eigenvalue weighted by Gasteiger charge is -2.09. The minimum absolute atomic E-state index is 0.370. The summed E-state index contributed by atoms with van der Waals surface area (Å²) in [7, 11) is 0. The molecule has 7 heteroatoms. The van der Waals surface area contributed by atoms with Crippen LogP contribution in [0.25, 0.3) is 0 Å². The number of halogens is 4. The maximum atomic E-state index is 12.9. The molecule has 1 rings (SSSR count). The van der Waals surface area contributed by atoms with E-state index in [2.05, 4.69) is 4.74 Å². The number of hydrogen-bond donors (Lipinski definition) is 0. The van der Waals surface area contributed by atoms with Crippen LogP contribution in [-0.2, 0) is 15.8 Å². The number of hydrogen-bond acceptors (Lipinski definition) is 3. The third-order valence-corrected chi connectivity index (χ3v) is 1.92. The Kier molecular flexibility index (Phi) is 4.42. The minimum Gasteiger partial charge on any atom is -0.423 e. The minimum atomic E-state index is -4.89. The van der Waals surface area contributed by atoms with Crippen molar-refractivity contribution in [1.29, 1.82) is 0 Å². The smallest absolute Gasteiger partial charge is 0.419 e. The van der Waals surface area contributed by atoms with E-state index in [1.165, 1.54) is 6.92 Å². The fourth-order valence-electron chi connectivity index (χ4n) is 1.12. The Balaban J connectivity index is 2.92. The number of rotatable bonds is 3. The molecule has 0 saturated carbocycles. The molecule has 102 valence electrons. The summed E-state index contributed by atoms with van der Waals surface area (Å²) in [5.74, 6) is -3.39. The fraction of sp³-hybridized carbons (Fsp3) is 0.167. The van der Waals surface area contributed by atoms with Gasteiger partial charge in [-0.05, 0) is 31.2 Å². The second kappa shape index (κ2) is 5.64. The molecule has 0 heterocycles. The highest BCUT2D eigenvalue weighted by molar-refractivity contribution is 5.95. The van der Waals surface area contributed by atoms with Gasteiger partial charge in [0.2, 0.25) is 0 Å². The zero-order valence-electron chi connectivity index (χ0n) is 9.62. The molecule has 0 unspecified atom stereocenters. The van der Waals surface area contributed by atoms with E-state index in [9.17, 15) is 27.2 Å². The maximum Gasteiger partial charge on any atom is 0.419 e. The molecule has 19 heavy (non-hydrogen) atoms. The highest BCUT2D eigenvalue weighted by Crippen LogP contribution is 2.33. The van der Waals surface area contributed by atoms with E-state index in [-0.39, 0.29) is 0 Å². The van der Waals surface area contributed by atoms with Crippen molar-refractivity contribution in [2.45, 2.75) is 13.1 Å². The molecule has 0 N–H and O–H groups in total. The topological polar surface area (TPSA) is 43.4 Å². The summed E-state index contributed by atoms with van der Waals surface area (Å²) in [5, 5.41) is 0. The van der Waals surface area contributed by atoms with E-state index in [1.54, 1.807) is 0 Å². The number of carbonyl (C=O) groups excluding carboxylic acids is 2. The third kappa shape index (κ3) is 4.53. The Morgan fingerprint density at radius 2 is 1.84 bits per heavy atom. The van der Waals surface area contributed by atoms with Crippen LogP contribution < -0.4 is 4.74 Å². The number of allylic oxidation sites excluding steroid dienone is 1. The van der Waals surface area contributed by atoms with Gasteiger partial charge >= 0.3 is 12.1 Å². The summed E-state index contributed by atoms with van der Waals surface area (Å²) in [4.78, 5) is 21.7. The van der Waals surface area contributed by atoms with Gasteiger partial charge in [0.15, 0.2) is 5.78 Å². The van der Waals surface area contributed by atoms with Gasteiger partial charge in [0.05, 0.1) is 5.56 Å². The zero-order valence-corrected chi connectivity index (χ0v) is 9.62. The normalized spacial score (nSPS) is 11.6. The number of esters is 1.